The van der Waals surface area contributed by atoms with Crippen LogP contribution in [0.15, 0.2) is 52.1 Å². The predicted molar refractivity (Wildman–Crippen MR) is 119 cm³/mol. The van der Waals surface area contributed by atoms with Gasteiger partial charge in [0, 0.05) is 26.7 Å². The van der Waals surface area contributed by atoms with Gasteiger partial charge in [-0.05, 0) is 43.5 Å². The van der Waals surface area contributed by atoms with Crippen molar-refractivity contribution in [2.45, 2.75) is 26.4 Å². The normalized spacial score (nSPS) is 11.0. The monoisotopic (exact) mass is 487 g/mol. The Morgan fingerprint density at radius 2 is 1.78 bits per heavy atom. The summed E-state index contributed by atoms with van der Waals surface area (Å²) in [5, 5.41) is 6.56. The van der Waals surface area contributed by atoms with Gasteiger partial charge < -0.3 is 24.5 Å². The fourth-order valence-electron chi connectivity index (χ4n) is 2.35. The minimum Gasteiger partial charge on any atom is -0.493 e. The first-order chi connectivity index (χ1) is 12.8. The van der Waals surface area contributed by atoms with Gasteiger partial charge in [0.15, 0.2) is 5.96 Å². The maximum absolute atomic E-state index is 5.78. The standard InChI is InChI=1S/C20H29N3O3.HI/c1-17-8-3-4-10-19(17)26-15-7-12-23-20(21-2)22-11-6-13-24-16-18-9-5-14-25-18;/h3-5,8-10,14H,6-7,11-13,15-16H2,1-2H3,(H2,21,22,23);1H. The van der Waals surface area contributed by atoms with Gasteiger partial charge in [0.05, 0.1) is 12.9 Å². The van der Waals surface area contributed by atoms with Crippen molar-refractivity contribution in [1.82, 2.24) is 10.6 Å². The molecule has 0 aliphatic heterocycles. The van der Waals surface area contributed by atoms with E-state index in [1.165, 1.54) is 0 Å². The molecule has 1 aromatic heterocycles. The van der Waals surface area contributed by atoms with Crippen molar-refractivity contribution >= 4 is 29.9 Å². The molecule has 0 unspecified atom stereocenters. The van der Waals surface area contributed by atoms with Gasteiger partial charge in [-0.2, -0.15) is 0 Å². The number of ether oxygens (including phenoxy) is 2. The number of hydrogen-bond donors (Lipinski definition) is 2. The van der Waals surface area contributed by atoms with E-state index >= 15 is 0 Å². The molecule has 1 aromatic carbocycles. The van der Waals surface area contributed by atoms with Crippen LogP contribution in [0.5, 0.6) is 5.75 Å². The first kappa shape index (κ1) is 23.3. The third kappa shape index (κ3) is 9.67. The topological polar surface area (TPSA) is 68.0 Å². The summed E-state index contributed by atoms with van der Waals surface area (Å²) in [5.41, 5.74) is 1.16. The number of hydrogen-bond acceptors (Lipinski definition) is 4. The predicted octanol–water partition coefficient (Wildman–Crippen LogP) is 3.75. The van der Waals surface area contributed by atoms with E-state index in [1.807, 2.05) is 30.3 Å². The number of benzene rings is 1. The molecule has 0 spiro atoms. The van der Waals surface area contributed by atoms with E-state index in [1.54, 1.807) is 13.3 Å². The fraction of sp³-hybridized carbons (Fsp3) is 0.450. The van der Waals surface area contributed by atoms with E-state index < -0.39 is 0 Å². The van der Waals surface area contributed by atoms with Gasteiger partial charge in [-0.25, -0.2) is 0 Å². The number of nitrogens with zero attached hydrogens (tertiary/aromatic N) is 1. The third-order valence-electron chi connectivity index (χ3n) is 3.77. The molecule has 1 heterocycles. The summed E-state index contributed by atoms with van der Waals surface area (Å²) in [5.74, 6) is 2.60. The van der Waals surface area contributed by atoms with E-state index in [9.17, 15) is 0 Å². The number of para-hydroxylation sites is 1. The summed E-state index contributed by atoms with van der Waals surface area (Å²) in [6.45, 7) is 5.53. The maximum atomic E-state index is 5.78. The molecule has 27 heavy (non-hydrogen) atoms. The Kier molecular flexibility index (Phi) is 12.4. The number of guanidine groups is 1. The lowest BCUT2D eigenvalue weighted by Gasteiger charge is -2.12. The molecular formula is C20H30IN3O3. The SMILES string of the molecule is CN=C(NCCCOCc1ccco1)NCCCOc1ccccc1C.I. The highest BCUT2D eigenvalue weighted by molar-refractivity contribution is 14.0. The lowest BCUT2D eigenvalue weighted by atomic mass is 10.2. The van der Waals surface area contributed by atoms with E-state index in [4.69, 9.17) is 13.9 Å². The lowest BCUT2D eigenvalue weighted by Crippen LogP contribution is -2.38. The molecule has 7 heteroatoms. The average Bonchev–Trinajstić information content (AvgIpc) is 3.17. The number of aryl methyl sites for hydroxylation is 1. The van der Waals surface area contributed by atoms with Crippen molar-refractivity contribution in [1.29, 1.82) is 0 Å². The van der Waals surface area contributed by atoms with Crippen molar-refractivity contribution in [2.24, 2.45) is 4.99 Å². The van der Waals surface area contributed by atoms with Crippen molar-refractivity contribution in [2.75, 3.05) is 33.4 Å². The van der Waals surface area contributed by atoms with E-state index in [-0.39, 0.29) is 24.0 Å². The van der Waals surface area contributed by atoms with Crippen LogP contribution < -0.4 is 15.4 Å². The summed E-state index contributed by atoms with van der Waals surface area (Å²) in [4.78, 5) is 4.21. The molecule has 0 bridgehead atoms. The molecule has 0 atom stereocenters. The number of rotatable bonds is 11. The summed E-state index contributed by atoms with van der Waals surface area (Å²) >= 11 is 0. The van der Waals surface area contributed by atoms with Gasteiger partial charge >= 0.3 is 0 Å². The van der Waals surface area contributed by atoms with Crippen LogP contribution in [0, 0.1) is 6.92 Å². The minimum absolute atomic E-state index is 0. The van der Waals surface area contributed by atoms with Crippen molar-refractivity contribution < 1.29 is 13.9 Å². The highest BCUT2D eigenvalue weighted by Gasteiger charge is 2.00. The summed E-state index contributed by atoms with van der Waals surface area (Å²) in [7, 11) is 1.77. The molecule has 0 fully saturated rings. The van der Waals surface area contributed by atoms with E-state index in [0.29, 0.717) is 19.8 Å². The Morgan fingerprint density at radius 1 is 1.04 bits per heavy atom. The van der Waals surface area contributed by atoms with Gasteiger partial charge in [-0.15, -0.1) is 24.0 Å². The first-order valence-corrected chi connectivity index (χ1v) is 9.02. The molecule has 0 aliphatic carbocycles. The molecule has 6 nitrogen and oxygen atoms in total. The van der Waals surface area contributed by atoms with Crippen LogP contribution in [0.3, 0.4) is 0 Å². The van der Waals surface area contributed by atoms with Crippen LogP contribution in [-0.4, -0.2) is 39.3 Å². The average molecular weight is 487 g/mol. The second-order valence-electron chi connectivity index (χ2n) is 5.88. The second kappa shape index (κ2) is 14.3. The Morgan fingerprint density at radius 3 is 2.44 bits per heavy atom. The quantitative estimate of drug-likeness (QED) is 0.219. The zero-order valence-corrected chi connectivity index (χ0v) is 18.4. The molecule has 0 saturated carbocycles. The molecule has 0 aliphatic rings. The molecule has 2 aromatic rings. The Labute approximate surface area is 178 Å². The first-order valence-electron chi connectivity index (χ1n) is 9.02. The Bertz CT molecular complexity index is 648. The van der Waals surface area contributed by atoms with Gasteiger partial charge in [0.25, 0.3) is 0 Å². The molecule has 2 rings (SSSR count). The van der Waals surface area contributed by atoms with Crippen LogP contribution in [-0.2, 0) is 11.3 Å². The number of halogens is 1. The summed E-state index contributed by atoms with van der Waals surface area (Å²) in [6.07, 6.45) is 3.46. The van der Waals surface area contributed by atoms with Gasteiger partial charge in [0.2, 0.25) is 0 Å². The zero-order chi connectivity index (χ0) is 18.5. The highest BCUT2D eigenvalue weighted by Crippen LogP contribution is 2.15. The molecule has 0 radical (unpaired) electrons. The highest BCUT2D eigenvalue weighted by atomic mass is 127. The molecular weight excluding hydrogens is 457 g/mol. The number of furan rings is 1. The van der Waals surface area contributed by atoms with Gasteiger partial charge in [-0.3, -0.25) is 4.99 Å². The van der Waals surface area contributed by atoms with Crippen LogP contribution in [0.2, 0.25) is 0 Å². The molecule has 2 N–H and O–H groups in total. The maximum Gasteiger partial charge on any atom is 0.190 e. The molecule has 0 saturated heterocycles. The third-order valence-corrected chi connectivity index (χ3v) is 3.77. The van der Waals surface area contributed by atoms with E-state index in [2.05, 4.69) is 28.6 Å². The smallest absolute Gasteiger partial charge is 0.190 e. The van der Waals surface area contributed by atoms with E-state index in [0.717, 1.165) is 49.0 Å². The Hall–Kier alpha value is -1.74. The number of nitrogens with one attached hydrogen (secondary N) is 2. The van der Waals surface area contributed by atoms with Crippen LogP contribution in [0.25, 0.3) is 0 Å². The molecule has 0 amide bonds. The van der Waals surface area contributed by atoms with Crippen LogP contribution in [0.4, 0.5) is 0 Å². The van der Waals surface area contributed by atoms with Crippen molar-refractivity contribution in [3.05, 3.63) is 54.0 Å². The second-order valence-corrected chi connectivity index (χ2v) is 5.88. The lowest BCUT2D eigenvalue weighted by molar-refractivity contribution is 0.105. The Balaban J connectivity index is 0.00000364. The zero-order valence-electron chi connectivity index (χ0n) is 16.1. The minimum atomic E-state index is 0. The fourth-order valence-corrected chi connectivity index (χ4v) is 2.35. The van der Waals surface area contributed by atoms with Crippen LogP contribution in [0.1, 0.15) is 24.2 Å². The van der Waals surface area contributed by atoms with Gasteiger partial charge in [-0.1, -0.05) is 18.2 Å². The summed E-state index contributed by atoms with van der Waals surface area (Å²) < 4.78 is 16.5. The van der Waals surface area contributed by atoms with Crippen molar-refractivity contribution in [3.63, 3.8) is 0 Å². The summed E-state index contributed by atoms with van der Waals surface area (Å²) in [6, 6.07) is 11.8. The van der Waals surface area contributed by atoms with Gasteiger partial charge in [0.1, 0.15) is 18.1 Å². The number of aliphatic imine (C=N–C) groups is 1. The molecule has 150 valence electrons. The largest absolute Gasteiger partial charge is 0.493 e. The van der Waals surface area contributed by atoms with Crippen molar-refractivity contribution in [3.8, 4) is 5.75 Å². The van der Waals surface area contributed by atoms with Crippen LogP contribution >= 0.6 is 24.0 Å².